The zero-order valence-electron chi connectivity index (χ0n) is 7.55. The maximum Gasteiger partial charge on any atom is 0.0893 e. The fourth-order valence-electron chi connectivity index (χ4n) is 1.13. The number of quaternary nitrogens is 1. The van der Waals surface area contributed by atoms with E-state index in [1.807, 2.05) is 6.07 Å². The van der Waals surface area contributed by atoms with Crippen molar-refractivity contribution in [3.05, 3.63) is 35.9 Å². The van der Waals surface area contributed by atoms with Crippen molar-refractivity contribution in [2.24, 2.45) is 0 Å². The summed E-state index contributed by atoms with van der Waals surface area (Å²) in [6, 6.07) is 10.5. The molecule has 0 aliphatic carbocycles. The van der Waals surface area contributed by atoms with Crippen molar-refractivity contribution < 1.29 is 17.7 Å². The van der Waals surface area contributed by atoms with Crippen LogP contribution in [0, 0.1) is 0 Å². The van der Waals surface area contributed by atoms with Crippen LogP contribution in [0.25, 0.3) is 0 Å². The van der Waals surface area contributed by atoms with Gasteiger partial charge in [-0.15, -0.1) is 11.6 Å². The minimum Gasteiger partial charge on any atom is -1.00 e. The van der Waals surface area contributed by atoms with Crippen molar-refractivity contribution in [3.63, 3.8) is 0 Å². The Balaban J connectivity index is 0.00000144. The van der Waals surface area contributed by atoms with E-state index in [-0.39, 0.29) is 12.4 Å². The summed E-state index contributed by atoms with van der Waals surface area (Å²) in [4.78, 5) is 0. The number of alkyl halides is 1. The van der Waals surface area contributed by atoms with Crippen molar-refractivity contribution in [2.45, 2.75) is 6.42 Å². The Morgan fingerprint density at radius 2 is 1.77 bits per heavy atom. The highest BCUT2D eigenvalue weighted by molar-refractivity contribution is 6.17. The molecule has 2 N–H and O–H groups in total. The molecule has 0 saturated carbocycles. The molecular weight excluding hydrogens is 205 g/mol. The molecule has 0 aliphatic heterocycles. The Morgan fingerprint density at radius 1 is 1.08 bits per heavy atom. The van der Waals surface area contributed by atoms with Gasteiger partial charge in [-0.05, 0) is 5.56 Å². The highest BCUT2D eigenvalue weighted by atomic mass is 35.5. The number of nitrogens with two attached hydrogens (primary N) is 1. The third kappa shape index (κ3) is 5.92. The van der Waals surface area contributed by atoms with Gasteiger partial charge in [-0.2, -0.15) is 0 Å². The molecule has 0 amide bonds. The molecule has 74 valence electrons. The molecule has 1 aromatic rings. The SMILES string of the molecule is ClCC[NH2+]CCc1ccccc1.[Cl-]. The van der Waals surface area contributed by atoms with Crippen LogP contribution in [0.5, 0.6) is 0 Å². The highest BCUT2D eigenvalue weighted by Crippen LogP contribution is 1.96. The quantitative estimate of drug-likeness (QED) is 0.438. The first kappa shape index (κ1) is 12.8. The summed E-state index contributed by atoms with van der Waals surface area (Å²) in [6.45, 7) is 2.16. The highest BCUT2D eigenvalue weighted by Gasteiger charge is 1.92. The van der Waals surface area contributed by atoms with Gasteiger partial charge in [0, 0.05) is 6.42 Å². The van der Waals surface area contributed by atoms with Gasteiger partial charge in [0.05, 0.1) is 19.0 Å². The fourth-order valence-corrected chi connectivity index (χ4v) is 1.29. The van der Waals surface area contributed by atoms with Gasteiger partial charge in [0.1, 0.15) is 0 Å². The normalized spacial score (nSPS) is 9.31. The molecule has 0 saturated heterocycles. The lowest BCUT2D eigenvalue weighted by Gasteiger charge is -1.99. The van der Waals surface area contributed by atoms with Gasteiger partial charge in [-0.25, -0.2) is 0 Å². The summed E-state index contributed by atoms with van der Waals surface area (Å²) in [6.07, 6.45) is 1.14. The monoisotopic (exact) mass is 219 g/mol. The molecule has 0 aliphatic rings. The smallest absolute Gasteiger partial charge is 0.0893 e. The fraction of sp³-hybridized carbons (Fsp3) is 0.400. The Labute approximate surface area is 90.9 Å². The van der Waals surface area contributed by atoms with Gasteiger partial charge >= 0.3 is 0 Å². The summed E-state index contributed by atoms with van der Waals surface area (Å²) >= 11 is 5.55. The third-order valence-corrected chi connectivity index (χ3v) is 2.01. The van der Waals surface area contributed by atoms with Crippen LogP contribution in [-0.4, -0.2) is 19.0 Å². The van der Waals surface area contributed by atoms with Crippen molar-refractivity contribution in [2.75, 3.05) is 19.0 Å². The third-order valence-electron chi connectivity index (χ3n) is 1.79. The van der Waals surface area contributed by atoms with Gasteiger partial charge in [-0.1, -0.05) is 30.3 Å². The molecule has 0 heterocycles. The topological polar surface area (TPSA) is 16.6 Å². The van der Waals surface area contributed by atoms with E-state index in [0.717, 1.165) is 25.4 Å². The lowest BCUT2D eigenvalue weighted by molar-refractivity contribution is -0.650. The van der Waals surface area contributed by atoms with Crippen molar-refractivity contribution in [1.82, 2.24) is 0 Å². The molecule has 13 heavy (non-hydrogen) atoms. The molecule has 0 unspecified atom stereocenters. The molecule has 1 nitrogen and oxygen atoms in total. The summed E-state index contributed by atoms with van der Waals surface area (Å²) in [5.41, 5.74) is 1.41. The molecule has 0 atom stereocenters. The maximum absolute atomic E-state index is 5.55. The van der Waals surface area contributed by atoms with E-state index in [9.17, 15) is 0 Å². The van der Waals surface area contributed by atoms with Crippen LogP contribution in [0.4, 0.5) is 0 Å². The van der Waals surface area contributed by atoms with E-state index in [2.05, 4.69) is 29.6 Å². The lowest BCUT2D eigenvalue weighted by atomic mass is 10.1. The molecule has 0 bridgehead atoms. The number of rotatable bonds is 5. The number of halogens is 2. The Hall–Kier alpha value is -0.240. The molecule has 0 radical (unpaired) electrons. The average molecular weight is 220 g/mol. The summed E-state index contributed by atoms with van der Waals surface area (Å²) in [7, 11) is 0. The zero-order chi connectivity index (χ0) is 8.65. The first-order valence-electron chi connectivity index (χ1n) is 4.35. The zero-order valence-corrected chi connectivity index (χ0v) is 9.06. The Kier molecular flexibility index (Phi) is 8.21. The van der Waals surface area contributed by atoms with Crippen molar-refractivity contribution >= 4 is 11.6 Å². The standard InChI is InChI=1S/C10H14ClN.ClH/c11-7-9-12-8-6-10-4-2-1-3-5-10;/h1-5,12H,6-9H2;1H. The van der Waals surface area contributed by atoms with Gasteiger partial charge in [0.2, 0.25) is 0 Å². The molecule has 0 spiro atoms. The van der Waals surface area contributed by atoms with E-state index < -0.39 is 0 Å². The van der Waals surface area contributed by atoms with E-state index in [1.54, 1.807) is 0 Å². The molecule has 0 aromatic heterocycles. The maximum atomic E-state index is 5.55. The number of hydrogen-bond donors (Lipinski definition) is 1. The van der Waals surface area contributed by atoms with Crippen LogP contribution < -0.4 is 17.7 Å². The van der Waals surface area contributed by atoms with Crippen LogP contribution in [0.15, 0.2) is 30.3 Å². The van der Waals surface area contributed by atoms with Crippen LogP contribution >= 0.6 is 11.6 Å². The molecular formula is C10H15Cl2N. The number of benzene rings is 1. The van der Waals surface area contributed by atoms with E-state index in [4.69, 9.17) is 11.6 Å². The second-order valence-corrected chi connectivity index (χ2v) is 3.17. The van der Waals surface area contributed by atoms with Crippen molar-refractivity contribution in [1.29, 1.82) is 0 Å². The van der Waals surface area contributed by atoms with Gasteiger partial charge in [-0.3, -0.25) is 0 Å². The van der Waals surface area contributed by atoms with E-state index >= 15 is 0 Å². The van der Waals surface area contributed by atoms with Gasteiger partial charge in [0.15, 0.2) is 0 Å². The lowest BCUT2D eigenvalue weighted by Crippen LogP contribution is -3.00. The second kappa shape index (κ2) is 8.36. The second-order valence-electron chi connectivity index (χ2n) is 2.79. The van der Waals surface area contributed by atoms with Crippen LogP contribution in [0.1, 0.15) is 5.56 Å². The molecule has 3 heteroatoms. The molecule has 1 aromatic carbocycles. The van der Waals surface area contributed by atoms with Gasteiger partial charge in [0.25, 0.3) is 0 Å². The largest absolute Gasteiger partial charge is 1.00 e. The first-order valence-corrected chi connectivity index (χ1v) is 4.88. The minimum absolute atomic E-state index is 0. The van der Waals surface area contributed by atoms with Crippen molar-refractivity contribution in [3.8, 4) is 0 Å². The predicted molar refractivity (Wildman–Crippen MR) is 52.5 cm³/mol. The first-order chi connectivity index (χ1) is 5.93. The average Bonchev–Trinajstić information content (AvgIpc) is 2.14. The van der Waals surface area contributed by atoms with Crippen LogP contribution in [-0.2, 0) is 6.42 Å². The van der Waals surface area contributed by atoms with E-state index in [0.29, 0.717) is 0 Å². The number of hydrogen-bond acceptors (Lipinski definition) is 0. The van der Waals surface area contributed by atoms with Crippen LogP contribution in [0.2, 0.25) is 0 Å². The summed E-state index contributed by atoms with van der Waals surface area (Å²) in [5, 5.41) is 2.25. The summed E-state index contributed by atoms with van der Waals surface area (Å²) < 4.78 is 0. The Bertz CT molecular complexity index is 201. The predicted octanol–water partition coefficient (Wildman–Crippen LogP) is -1.96. The molecule has 1 rings (SSSR count). The van der Waals surface area contributed by atoms with E-state index in [1.165, 1.54) is 5.56 Å². The van der Waals surface area contributed by atoms with Gasteiger partial charge < -0.3 is 17.7 Å². The minimum atomic E-state index is 0. The van der Waals surface area contributed by atoms with Crippen LogP contribution in [0.3, 0.4) is 0 Å². The summed E-state index contributed by atoms with van der Waals surface area (Å²) in [5.74, 6) is 0.745. The molecule has 0 fully saturated rings. The Morgan fingerprint density at radius 3 is 2.38 bits per heavy atom.